The summed E-state index contributed by atoms with van der Waals surface area (Å²) >= 11 is 0. The number of ether oxygens (including phenoxy) is 4. The molecule has 0 saturated carbocycles. The molecule has 0 saturated heterocycles. The summed E-state index contributed by atoms with van der Waals surface area (Å²) in [6.45, 7) is 41.5. The Morgan fingerprint density at radius 2 is 0.407 bits per heavy atom. The minimum Gasteiger partial charge on any atom is -0.391 e. The van der Waals surface area contributed by atoms with Crippen molar-refractivity contribution in [1.29, 1.82) is 0 Å². The van der Waals surface area contributed by atoms with E-state index in [9.17, 15) is 0 Å². The van der Waals surface area contributed by atoms with Gasteiger partial charge in [-0.25, -0.2) is 0 Å². The number of methoxy groups -OCH3 is 4. The predicted octanol–water partition coefficient (Wildman–Crippen LogP) is 23.7. The Labute approximate surface area is 536 Å². The molecule has 0 fully saturated rings. The van der Waals surface area contributed by atoms with Crippen molar-refractivity contribution in [3.05, 3.63) is 241 Å². The quantitative estimate of drug-likeness (QED) is 0.120. The zero-order chi connectivity index (χ0) is 68.0. The van der Waals surface area contributed by atoms with Gasteiger partial charge in [0.1, 0.15) is 0 Å². The number of benzene rings is 7. The minimum atomic E-state index is -0.259. The van der Waals surface area contributed by atoms with Crippen LogP contribution >= 0.6 is 0 Å². The first-order valence-corrected chi connectivity index (χ1v) is 32.5. The third-order valence-electron chi connectivity index (χ3n) is 8.70. The lowest BCUT2D eigenvalue weighted by atomic mass is 10.1. The summed E-state index contributed by atoms with van der Waals surface area (Å²) in [4.78, 5) is 0. The number of hydrogen-bond acceptors (Lipinski definition) is 6. The molecule has 7 aromatic rings. The zero-order valence-electron chi connectivity index (χ0n) is 60.5. The van der Waals surface area contributed by atoms with Crippen molar-refractivity contribution in [2.75, 3.05) is 55.9 Å². The van der Waals surface area contributed by atoms with E-state index in [1.165, 1.54) is 46.2 Å². The highest BCUT2D eigenvalue weighted by Crippen LogP contribution is 2.17. The summed E-state index contributed by atoms with van der Waals surface area (Å²) in [6, 6.07) is 74.9. The Kier molecular flexibility index (Phi) is 124. The second kappa shape index (κ2) is 104. The zero-order valence-corrected chi connectivity index (χ0v) is 60.5. The molecule has 0 heterocycles. The van der Waals surface area contributed by atoms with Crippen molar-refractivity contribution in [2.45, 2.75) is 202 Å². The maximum atomic E-state index is 8.92. The molecule has 0 bridgehead atoms. The first-order valence-electron chi connectivity index (χ1n) is 32.5. The van der Waals surface area contributed by atoms with E-state index in [-0.39, 0.29) is 12.2 Å². The minimum absolute atomic E-state index is 0.259. The fourth-order valence-corrected chi connectivity index (χ4v) is 5.72. The maximum Gasteiger partial charge on any atom is 0.0773 e. The van der Waals surface area contributed by atoms with Gasteiger partial charge in [-0.3, -0.25) is 0 Å². The van der Waals surface area contributed by atoms with Gasteiger partial charge >= 0.3 is 0 Å². The van der Waals surface area contributed by atoms with Crippen LogP contribution in [0.15, 0.2) is 218 Å². The highest BCUT2D eigenvalue weighted by Gasteiger charge is 1.99. The summed E-state index contributed by atoms with van der Waals surface area (Å²) in [7, 11) is 9.69. The van der Waals surface area contributed by atoms with E-state index in [0.29, 0.717) is 13.2 Å². The molecular weight excluding hydrogens is 1060 g/mol. The second-order valence-corrected chi connectivity index (χ2v) is 16.2. The van der Waals surface area contributed by atoms with Crippen LogP contribution in [0.2, 0.25) is 0 Å². The van der Waals surface area contributed by atoms with Crippen LogP contribution in [0.4, 0.5) is 0 Å². The average molecular weight is 1200 g/mol. The van der Waals surface area contributed by atoms with Gasteiger partial charge in [0, 0.05) is 42.7 Å². The van der Waals surface area contributed by atoms with E-state index in [1.807, 2.05) is 159 Å². The van der Waals surface area contributed by atoms with Crippen LogP contribution in [0.25, 0.3) is 11.1 Å². The number of aliphatic hydroxyl groups excluding tert-OH is 2. The Morgan fingerprint density at radius 3 is 0.547 bits per heavy atom. The van der Waals surface area contributed by atoms with Crippen molar-refractivity contribution < 1.29 is 29.2 Å². The molecule has 0 aliphatic heterocycles. The van der Waals surface area contributed by atoms with Crippen molar-refractivity contribution >= 4 is 0 Å². The first kappa shape index (κ1) is 102. The molecule has 7 rings (SSSR count). The molecule has 0 aliphatic carbocycles. The van der Waals surface area contributed by atoms with Crippen LogP contribution < -0.4 is 0 Å². The van der Waals surface area contributed by atoms with Crippen LogP contribution in [-0.2, 0) is 31.8 Å². The summed E-state index contributed by atoms with van der Waals surface area (Å²) in [5, 5.41) is 17.8. The third kappa shape index (κ3) is 89.5. The SMILES string of the molecule is CC.CC.CC.CC.CC.CC.CC.CCC.CCC.CCCC(O)COC.CCCC(O)COC.COC.COC.c1ccc(-c2ccccc2)cc1.c1ccc(Cc2ccccc2)cc1.c1ccc(Cc2ccccc2)cc1.c1ccccc1. The summed E-state index contributed by atoms with van der Waals surface area (Å²) in [5.41, 5.74) is 8.03. The highest BCUT2D eigenvalue weighted by molar-refractivity contribution is 5.62. The molecule has 0 radical (unpaired) electrons. The van der Waals surface area contributed by atoms with Crippen molar-refractivity contribution in [2.24, 2.45) is 0 Å². The van der Waals surface area contributed by atoms with E-state index in [2.05, 4.69) is 207 Å². The monoisotopic (exact) mass is 1200 g/mol. The molecule has 0 amide bonds. The smallest absolute Gasteiger partial charge is 0.0773 e. The van der Waals surface area contributed by atoms with E-state index in [0.717, 1.165) is 38.5 Å². The van der Waals surface area contributed by atoms with Crippen LogP contribution in [-0.4, -0.2) is 78.3 Å². The topological polar surface area (TPSA) is 77.4 Å². The molecule has 6 nitrogen and oxygen atoms in total. The molecule has 2 N–H and O–H groups in total. The number of aliphatic hydroxyl groups is 2. The standard InChI is InChI=1S/2C13H12.C12H10.2C6H14O2.C6H6.2C3H8.2C2H6O.7C2H6/c2*1-3-7-12(8-4-1)11-13-9-5-2-6-10-13;1-3-7-11(8-4-1)12-9-5-2-6-10-12;2*1-3-4-6(7)5-8-2;1-2-4-6-5-3-1;4*1-3-2;7*1-2/h2*1-10H,11H2;1-10H;2*6-7H,3-5H2,1-2H3;1-6H;2*3H2,1-2H3;2*1-2H3;7*1-2H3. The fourth-order valence-electron chi connectivity index (χ4n) is 5.72. The molecule has 7 aromatic carbocycles. The van der Waals surface area contributed by atoms with Crippen LogP contribution in [0.1, 0.15) is 199 Å². The van der Waals surface area contributed by atoms with E-state index in [4.69, 9.17) is 19.7 Å². The van der Waals surface area contributed by atoms with E-state index < -0.39 is 0 Å². The normalized spacial score (nSPS) is 8.79. The highest BCUT2D eigenvalue weighted by atomic mass is 16.5. The Bertz CT molecular complexity index is 1720. The molecule has 86 heavy (non-hydrogen) atoms. The third-order valence-corrected chi connectivity index (χ3v) is 8.70. The van der Waals surface area contributed by atoms with Gasteiger partial charge in [-0.15, -0.1) is 0 Å². The van der Waals surface area contributed by atoms with Crippen LogP contribution in [0.3, 0.4) is 0 Å². The van der Waals surface area contributed by atoms with E-state index >= 15 is 0 Å². The lowest BCUT2D eigenvalue weighted by Crippen LogP contribution is -2.12. The summed E-state index contributed by atoms with van der Waals surface area (Å²) in [6.07, 6.45) is 7.76. The largest absolute Gasteiger partial charge is 0.391 e. The van der Waals surface area contributed by atoms with Crippen LogP contribution in [0, 0.1) is 0 Å². The number of hydrogen-bond donors (Lipinski definition) is 2. The van der Waals surface area contributed by atoms with Gasteiger partial charge < -0.3 is 29.2 Å². The van der Waals surface area contributed by atoms with Crippen molar-refractivity contribution in [3.8, 4) is 11.1 Å². The second-order valence-electron chi connectivity index (χ2n) is 16.2. The van der Waals surface area contributed by atoms with Crippen LogP contribution in [0.5, 0.6) is 0 Å². The first-order chi connectivity index (χ1) is 42.1. The molecule has 0 spiro atoms. The van der Waals surface area contributed by atoms with Gasteiger partial charge in [0.05, 0.1) is 25.4 Å². The molecule has 494 valence electrons. The molecule has 0 aliphatic rings. The van der Waals surface area contributed by atoms with E-state index in [1.54, 1.807) is 42.7 Å². The Balaban J connectivity index is -0.0000000944. The van der Waals surface area contributed by atoms with Crippen molar-refractivity contribution in [1.82, 2.24) is 0 Å². The van der Waals surface area contributed by atoms with Gasteiger partial charge in [-0.1, -0.05) is 383 Å². The lowest BCUT2D eigenvalue weighted by molar-refractivity contribution is 0.0588. The molecule has 6 heteroatoms. The Hall–Kier alpha value is -5.70. The van der Waals surface area contributed by atoms with Gasteiger partial charge in [0.15, 0.2) is 0 Å². The molecule has 0 aromatic heterocycles. The lowest BCUT2D eigenvalue weighted by Gasteiger charge is -2.05. The molecule has 2 unspecified atom stereocenters. The van der Waals surface area contributed by atoms with Crippen molar-refractivity contribution in [3.63, 3.8) is 0 Å². The Morgan fingerprint density at radius 1 is 0.267 bits per heavy atom. The molecular formula is C80H138O6. The maximum absolute atomic E-state index is 8.92. The molecule has 2 atom stereocenters. The predicted molar refractivity (Wildman–Crippen MR) is 393 cm³/mol. The van der Waals surface area contributed by atoms with Gasteiger partial charge in [0.25, 0.3) is 0 Å². The fraction of sp³-hybridized carbons (Fsp3) is 0.475. The van der Waals surface area contributed by atoms with Gasteiger partial charge in [0.2, 0.25) is 0 Å². The van der Waals surface area contributed by atoms with Gasteiger partial charge in [-0.2, -0.15) is 0 Å². The van der Waals surface area contributed by atoms with Gasteiger partial charge in [-0.05, 0) is 59.1 Å². The average Bonchev–Trinajstić information content (AvgIpc) is 3.75. The summed E-state index contributed by atoms with van der Waals surface area (Å²) in [5.74, 6) is 0. The summed E-state index contributed by atoms with van der Waals surface area (Å²) < 4.78 is 17.9. The number of rotatable bonds is 13.